The minimum Gasteiger partial charge on any atom is -0.440 e. The van der Waals surface area contributed by atoms with Gasteiger partial charge in [0.25, 0.3) is 0 Å². The van der Waals surface area contributed by atoms with Crippen molar-refractivity contribution in [1.82, 2.24) is 4.98 Å². The Balaban J connectivity index is 1.86. The van der Waals surface area contributed by atoms with Gasteiger partial charge in [0.05, 0.1) is 6.04 Å². The number of fused-ring (bicyclic) bond motifs is 1. The Morgan fingerprint density at radius 2 is 2.14 bits per heavy atom. The van der Waals surface area contributed by atoms with Crippen molar-refractivity contribution >= 4 is 28.1 Å². The second kappa shape index (κ2) is 5.90. The molecular formula is C17H20N2OS. The molecule has 1 unspecified atom stereocenters. The van der Waals surface area contributed by atoms with Gasteiger partial charge in [-0.25, -0.2) is 4.98 Å². The standard InChI is InChI=1S/C17H20N2OS/c1-4-13(16-6-5-9-21-16)18-12-7-8-15-14(10-12)19-17(20-15)11(2)3/h5-11,13,18H,4H2,1-3H3. The zero-order valence-electron chi connectivity index (χ0n) is 12.6. The first kappa shape index (κ1) is 14.1. The van der Waals surface area contributed by atoms with Crippen LogP contribution in [0.1, 0.15) is 49.9 Å². The predicted octanol–water partition coefficient (Wildman–Crippen LogP) is 5.58. The molecule has 3 aromatic rings. The molecule has 0 amide bonds. The normalized spacial score (nSPS) is 13.0. The van der Waals surface area contributed by atoms with Gasteiger partial charge in [-0.15, -0.1) is 11.3 Å². The maximum absolute atomic E-state index is 5.75. The Morgan fingerprint density at radius 1 is 1.29 bits per heavy atom. The maximum Gasteiger partial charge on any atom is 0.198 e. The molecule has 21 heavy (non-hydrogen) atoms. The van der Waals surface area contributed by atoms with E-state index < -0.39 is 0 Å². The molecule has 0 bridgehead atoms. The van der Waals surface area contributed by atoms with E-state index in [4.69, 9.17) is 4.42 Å². The zero-order valence-corrected chi connectivity index (χ0v) is 13.4. The van der Waals surface area contributed by atoms with Crippen LogP contribution in [0.25, 0.3) is 11.1 Å². The van der Waals surface area contributed by atoms with Crippen LogP contribution >= 0.6 is 11.3 Å². The fourth-order valence-electron chi connectivity index (χ4n) is 2.35. The third-order valence-corrected chi connectivity index (χ3v) is 4.52. The number of nitrogens with zero attached hydrogens (tertiary/aromatic N) is 1. The molecule has 0 spiro atoms. The van der Waals surface area contributed by atoms with E-state index in [0.717, 1.165) is 29.1 Å². The molecule has 0 aliphatic carbocycles. The Morgan fingerprint density at radius 3 is 2.81 bits per heavy atom. The number of rotatable bonds is 5. The van der Waals surface area contributed by atoms with Crippen LogP contribution in [-0.2, 0) is 0 Å². The predicted molar refractivity (Wildman–Crippen MR) is 89.1 cm³/mol. The number of benzene rings is 1. The summed E-state index contributed by atoms with van der Waals surface area (Å²) in [4.78, 5) is 5.93. The Labute approximate surface area is 129 Å². The average Bonchev–Trinajstić information content (AvgIpc) is 3.13. The molecular weight excluding hydrogens is 280 g/mol. The summed E-state index contributed by atoms with van der Waals surface area (Å²) in [6.07, 6.45) is 1.05. The molecule has 1 atom stereocenters. The molecule has 110 valence electrons. The smallest absolute Gasteiger partial charge is 0.198 e. The van der Waals surface area contributed by atoms with Crippen molar-refractivity contribution in [3.8, 4) is 0 Å². The fourth-order valence-corrected chi connectivity index (χ4v) is 3.21. The summed E-state index contributed by atoms with van der Waals surface area (Å²) in [5.74, 6) is 1.11. The highest BCUT2D eigenvalue weighted by Gasteiger charge is 2.13. The van der Waals surface area contributed by atoms with E-state index in [2.05, 4.69) is 60.7 Å². The number of nitrogens with one attached hydrogen (secondary N) is 1. The van der Waals surface area contributed by atoms with Gasteiger partial charge in [0.2, 0.25) is 0 Å². The fraction of sp³-hybridized carbons (Fsp3) is 0.353. The molecule has 3 nitrogen and oxygen atoms in total. The number of hydrogen-bond acceptors (Lipinski definition) is 4. The minimum atomic E-state index is 0.309. The number of anilines is 1. The molecule has 0 fully saturated rings. The Hall–Kier alpha value is -1.81. The topological polar surface area (TPSA) is 38.1 Å². The number of aromatic nitrogens is 1. The summed E-state index contributed by atoms with van der Waals surface area (Å²) in [6, 6.07) is 10.8. The Kier molecular flexibility index (Phi) is 3.97. The van der Waals surface area contributed by atoms with Crippen molar-refractivity contribution < 1.29 is 4.42 Å². The van der Waals surface area contributed by atoms with E-state index in [1.807, 2.05) is 6.07 Å². The van der Waals surface area contributed by atoms with Crippen molar-refractivity contribution in [3.05, 3.63) is 46.5 Å². The van der Waals surface area contributed by atoms with Gasteiger partial charge in [0.1, 0.15) is 5.52 Å². The molecule has 0 aliphatic rings. The molecule has 0 saturated carbocycles. The van der Waals surface area contributed by atoms with Gasteiger partial charge >= 0.3 is 0 Å². The summed E-state index contributed by atoms with van der Waals surface area (Å²) in [5, 5.41) is 5.71. The van der Waals surface area contributed by atoms with E-state index in [-0.39, 0.29) is 0 Å². The summed E-state index contributed by atoms with van der Waals surface area (Å²) >= 11 is 1.79. The zero-order chi connectivity index (χ0) is 14.8. The number of oxazole rings is 1. The van der Waals surface area contributed by atoms with Crippen LogP contribution in [0.2, 0.25) is 0 Å². The van der Waals surface area contributed by atoms with Crippen LogP contribution in [0.15, 0.2) is 40.1 Å². The quantitative estimate of drug-likeness (QED) is 0.668. The Bertz CT molecular complexity index is 716. The molecule has 0 radical (unpaired) electrons. The molecule has 2 aromatic heterocycles. The monoisotopic (exact) mass is 300 g/mol. The molecule has 1 N–H and O–H groups in total. The first-order chi connectivity index (χ1) is 10.2. The van der Waals surface area contributed by atoms with Crippen LogP contribution in [0.3, 0.4) is 0 Å². The minimum absolute atomic E-state index is 0.309. The summed E-state index contributed by atoms with van der Waals surface area (Å²) in [6.45, 7) is 6.38. The van der Waals surface area contributed by atoms with Crippen molar-refractivity contribution in [1.29, 1.82) is 0 Å². The molecule has 0 aliphatic heterocycles. The van der Waals surface area contributed by atoms with Crippen LogP contribution < -0.4 is 5.32 Å². The highest BCUT2D eigenvalue weighted by atomic mass is 32.1. The van der Waals surface area contributed by atoms with Gasteiger partial charge in [-0.1, -0.05) is 26.8 Å². The van der Waals surface area contributed by atoms with E-state index in [1.165, 1.54) is 4.88 Å². The summed E-state index contributed by atoms with van der Waals surface area (Å²) < 4.78 is 5.75. The molecule has 2 heterocycles. The van der Waals surface area contributed by atoms with Crippen LogP contribution in [0.4, 0.5) is 5.69 Å². The largest absolute Gasteiger partial charge is 0.440 e. The van der Waals surface area contributed by atoms with Gasteiger partial charge in [-0.3, -0.25) is 0 Å². The highest BCUT2D eigenvalue weighted by Crippen LogP contribution is 2.29. The lowest BCUT2D eigenvalue weighted by atomic mass is 10.1. The van der Waals surface area contributed by atoms with Gasteiger partial charge in [0.15, 0.2) is 11.5 Å². The summed E-state index contributed by atoms with van der Waals surface area (Å²) in [5.41, 5.74) is 2.87. The second-order valence-corrected chi connectivity index (χ2v) is 6.49. The van der Waals surface area contributed by atoms with Crippen LogP contribution in [0, 0.1) is 0 Å². The van der Waals surface area contributed by atoms with E-state index in [1.54, 1.807) is 11.3 Å². The third-order valence-electron chi connectivity index (χ3n) is 3.53. The lowest BCUT2D eigenvalue weighted by Crippen LogP contribution is -2.07. The van der Waals surface area contributed by atoms with Gasteiger partial charge in [0, 0.05) is 16.5 Å². The van der Waals surface area contributed by atoms with E-state index >= 15 is 0 Å². The lowest BCUT2D eigenvalue weighted by Gasteiger charge is -2.16. The van der Waals surface area contributed by atoms with Crippen LogP contribution in [0.5, 0.6) is 0 Å². The number of hydrogen-bond donors (Lipinski definition) is 1. The average molecular weight is 300 g/mol. The molecule has 4 heteroatoms. The van der Waals surface area contributed by atoms with Gasteiger partial charge in [-0.05, 0) is 36.1 Å². The first-order valence-electron chi connectivity index (χ1n) is 7.37. The van der Waals surface area contributed by atoms with E-state index in [0.29, 0.717) is 12.0 Å². The van der Waals surface area contributed by atoms with Crippen molar-refractivity contribution in [2.45, 2.75) is 39.2 Å². The van der Waals surface area contributed by atoms with Gasteiger partial charge < -0.3 is 9.73 Å². The highest BCUT2D eigenvalue weighted by molar-refractivity contribution is 7.10. The molecule has 3 rings (SSSR count). The third kappa shape index (κ3) is 2.95. The first-order valence-corrected chi connectivity index (χ1v) is 8.25. The number of thiophene rings is 1. The van der Waals surface area contributed by atoms with Crippen molar-refractivity contribution in [2.75, 3.05) is 5.32 Å². The van der Waals surface area contributed by atoms with Gasteiger partial charge in [-0.2, -0.15) is 0 Å². The molecule has 1 aromatic carbocycles. The molecule has 0 saturated heterocycles. The lowest BCUT2D eigenvalue weighted by molar-refractivity contribution is 0.501. The summed E-state index contributed by atoms with van der Waals surface area (Å²) in [7, 11) is 0. The second-order valence-electron chi connectivity index (χ2n) is 5.51. The van der Waals surface area contributed by atoms with Crippen molar-refractivity contribution in [2.24, 2.45) is 0 Å². The van der Waals surface area contributed by atoms with Crippen molar-refractivity contribution in [3.63, 3.8) is 0 Å². The maximum atomic E-state index is 5.75. The SMILES string of the molecule is CCC(Nc1ccc2oc(C(C)C)nc2c1)c1cccs1. The van der Waals surface area contributed by atoms with E-state index in [9.17, 15) is 0 Å². The van der Waals surface area contributed by atoms with Crippen LogP contribution in [-0.4, -0.2) is 4.98 Å².